The molecule has 1 amide bonds. The van der Waals surface area contributed by atoms with Crippen LogP contribution in [0.4, 0.5) is 4.79 Å². The SMILES string of the molecule is CN(Cc1nc2ccccn2c1Br)C(=O)O. The van der Waals surface area contributed by atoms with E-state index in [1.807, 2.05) is 28.8 Å². The minimum atomic E-state index is -0.969. The smallest absolute Gasteiger partial charge is 0.407 e. The fraction of sp³-hybridized carbons (Fsp3) is 0.200. The van der Waals surface area contributed by atoms with Crippen LogP contribution >= 0.6 is 15.9 Å². The van der Waals surface area contributed by atoms with Gasteiger partial charge in [-0.15, -0.1) is 0 Å². The lowest BCUT2D eigenvalue weighted by Crippen LogP contribution is -2.24. The Morgan fingerprint density at radius 2 is 2.38 bits per heavy atom. The summed E-state index contributed by atoms with van der Waals surface area (Å²) in [6.07, 6.45) is 0.903. The van der Waals surface area contributed by atoms with Crippen molar-refractivity contribution in [3.05, 3.63) is 34.7 Å². The molecule has 0 aliphatic carbocycles. The van der Waals surface area contributed by atoms with Gasteiger partial charge < -0.3 is 10.0 Å². The Bertz CT molecular complexity index is 538. The molecule has 84 valence electrons. The van der Waals surface area contributed by atoms with Crippen LogP contribution in [0.3, 0.4) is 0 Å². The number of aromatic nitrogens is 2. The highest BCUT2D eigenvalue weighted by molar-refractivity contribution is 9.10. The van der Waals surface area contributed by atoms with Gasteiger partial charge in [-0.25, -0.2) is 9.78 Å². The van der Waals surface area contributed by atoms with E-state index in [1.54, 1.807) is 0 Å². The third-order valence-corrected chi connectivity index (χ3v) is 3.09. The number of halogens is 1. The third-order valence-electron chi connectivity index (χ3n) is 2.25. The van der Waals surface area contributed by atoms with Crippen molar-refractivity contribution in [3.63, 3.8) is 0 Å². The minimum absolute atomic E-state index is 0.262. The summed E-state index contributed by atoms with van der Waals surface area (Å²) >= 11 is 3.41. The van der Waals surface area contributed by atoms with Crippen LogP contribution in [0.5, 0.6) is 0 Å². The van der Waals surface area contributed by atoms with Crippen molar-refractivity contribution >= 4 is 27.7 Å². The molecule has 0 saturated carbocycles. The first-order valence-corrected chi connectivity index (χ1v) is 5.44. The summed E-state index contributed by atoms with van der Waals surface area (Å²) < 4.78 is 2.65. The van der Waals surface area contributed by atoms with E-state index in [1.165, 1.54) is 11.9 Å². The van der Waals surface area contributed by atoms with Gasteiger partial charge in [-0.1, -0.05) is 6.07 Å². The Labute approximate surface area is 100 Å². The van der Waals surface area contributed by atoms with Crippen molar-refractivity contribution in [3.8, 4) is 0 Å². The predicted molar refractivity (Wildman–Crippen MR) is 62.4 cm³/mol. The van der Waals surface area contributed by atoms with E-state index in [0.717, 1.165) is 10.3 Å². The molecule has 0 saturated heterocycles. The van der Waals surface area contributed by atoms with E-state index >= 15 is 0 Å². The van der Waals surface area contributed by atoms with E-state index in [9.17, 15) is 4.79 Å². The van der Waals surface area contributed by atoms with Crippen LogP contribution in [-0.2, 0) is 6.54 Å². The van der Waals surface area contributed by atoms with E-state index < -0.39 is 6.09 Å². The summed E-state index contributed by atoms with van der Waals surface area (Å²) in [7, 11) is 1.51. The second-order valence-corrected chi connectivity index (χ2v) is 4.17. The number of nitrogens with zero attached hydrogens (tertiary/aromatic N) is 3. The highest BCUT2D eigenvalue weighted by Gasteiger charge is 2.13. The maximum absolute atomic E-state index is 10.7. The molecule has 0 fully saturated rings. The number of amides is 1. The van der Waals surface area contributed by atoms with Crippen LogP contribution in [0, 0.1) is 0 Å². The Balaban J connectivity index is 2.38. The van der Waals surface area contributed by atoms with Crippen LogP contribution in [0.1, 0.15) is 5.69 Å². The van der Waals surface area contributed by atoms with E-state index in [4.69, 9.17) is 5.11 Å². The molecular weight excluding hydrogens is 274 g/mol. The Kier molecular flexibility index (Phi) is 2.82. The first-order valence-electron chi connectivity index (χ1n) is 4.65. The monoisotopic (exact) mass is 283 g/mol. The number of hydrogen-bond acceptors (Lipinski definition) is 2. The molecule has 0 spiro atoms. The standard InChI is InChI=1S/C10H10BrN3O2/c1-13(10(15)16)6-7-9(11)14-5-3-2-4-8(14)12-7/h2-5H,6H2,1H3,(H,15,16). The first kappa shape index (κ1) is 10.9. The molecule has 0 atom stereocenters. The van der Waals surface area contributed by atoms with Crippen LogP contribution < -0.4 is 0 Å². The summed E-state index contributed by atoms with van der Waals surface area (Å²) in [5.41, 5.74) is 1.50. The highest BCUT2D eigenvalue weighted by Crippen LogP contribution is 2.19. The van der Waals surface area contributed by atoms with Gasteiger partial charge in [0.2, 0.25) is 0 Å². The first-order chi connectivity index (χ1) is 7.59. The highest BCUT2D eigenvalue weighted by atomic mass is 79.9. The molecular formula is C10H10BrN3O2. The summed E-state index contributed by atoms with van der Waals surface area (Å²) in [6, 6.07) is 5.65. The molecule has 16 heavy (non-hydrogen) atoms. The average molecular weight is 284 g/mol. The van der Waals surface area contributed by atoms with Crippen molar-refractivity contribution in [1.29, 1.82) is 0 Å². The molecule has 5 nitrogen and oxygen atoms in total. The number of carbonyl (C=O) groups is 1. The average Bonchev–Trinajstić information content (AvgIpc) is 2.56. The van der Waals surface area contributed by atoms with Gasteiger partial charge in [0.1, 0.15) is 10.3 Å². The van der Waals surface area contributed by atoms with Crippen molar-refractivity contribution < 1.29 is 9.90 Å². The Morgan fingerprint density at radius 1 is 1.62 bits per heavy atom. The number of hydrogen-bond donors (Lipinski definition) is 1. The summed E-state index contributed by atoms with van der Waals surface area (Å²) in [6.45, 7) is 0.262. The topological polar surface area (TPSA) is 57.8 Å². The number of imidazole rings is 1. The van der Waals surface area contributed by atoms with Gasteiger partial charge in [0.25, 0.3) is 0 Å². The molecule has 2 aromatic rings. The molecule has 0 unspecified atom stereocenters. The normalized spacial score (nSPS) is 10.6. The van der Waals surface area contributed by atoms with Gasteiger partial charge in [-0.05, 0) is 28.1 Å². The quantitative estimate of drug-likeness (QED) is 0.919. The predicted octanol–water partition coefficient (Wildman–Crippen LogP) is 2.21. The fourth-order valence-corrected chi connectivity index (χ4v) is 1.92. The molecule has 0 aliphatic heterocycles. The second-order valence-electron chi connectivity index (χ2n) is 3.42. The van der Waals surface area contributed by atoms with Crippen molar-refractivity contribution in [2.75, 3.05) is 7.05 Å². The minimum Gasteiger partial charge on any atom is -0.465 e. The molecule has 1 N–H and O–H groups in total. The number of rotatable bonds is 2. The molecule has 2 heterocycles. The van der Waals surface area contributed by atoms with Crippen molar-refractivity contribution in [2.24, 2.45) is 0 Å². The van der Waals surface area contributed by atoms with Crippen LogP contribution in [0.2, 0.25) is 0 Å². The van der Waals surface area contributed by atoms with Crippen molar-refractivity contribution in [2.45, 2.75) is 6.54 Å². The molecule has 0 aliphatic rings. The molecule has 2 aromatic heterocycles. The van der Waals surface area contributed by atoms with Crippen LogP contribution in [0.25, 0.3) is 5.65 Å². The molecule has 2 rings (SSSR count). The lowest BCUT2D eigenvalue weighted by atomic mass is 10.4. The zero-order valence-electron chi connectivity index (χ0n) is 8.59. The van der Waals surface area contributed by atoms with Gasteiger partial charge in [0.15, 0.2) is 0 Å². The molecule has 6 heteroatoms. The van der Waals surface area contributed by atoms with E-state index in [2.05, 4.69) is 20.9 Å². The fourth-order valence-electron chi connectivity index (χ4n) is 1.41. The second kappa shape index (κ2) is 4.13. The van der Waals surface area contributed by atoms with E-state index in [-0.39, 0.29) is 6.54 Å². The van der Waals surface area contributed by atoms with Gasteiger partial charge in [0.05, 0.1) is 12.2 Å². The lowest BCUT2D eigenvalue weighted by Gasteiger charge is -2.10. The number of carboxylic acid groups (broad SMARTS) is 1. The molecule has 0 aromatic carbocycles. The number of pyridine rings is 1. The van der Waals surface area contributed by atoms with E-state index in [0.29, 0.717) is 5.69 Å². The Morgan fingerprint density at radius 3 is 3.00 bits per heavy atom. The van der Waals surface area contributed by atoms with Gasteiger partial charge >= 0.3 is 6.09 Å². The van der Waals surface area contributed by atoms with Gasteiger partial charge in [0, 0.05) is 13.2 Å². The zero-order valence-corrected chi connectivity index (χ0v) is 10.2. The maximum atomic E-state index is 10.7. The Hall–Kier alpha value is -1.56. The van der Waals surface area contributed by atoms with Gasteiger partial charge in [-0.3, -0.25) is 4.40 Å². The summed E-state index contributed by atoms with van der Waals surface area (Å²) in [5, 5.41) is 8.79. The van der Waals surface area contributed by atoms with Crippen molar-refractivity contribution in [1.82, 2.24) is 14.3 Å². The van der Waals surface area contributed by atoms with Gasteiger partial charge in [-0.2, -0.15) is 0 Å². The summed E-state index contributed by atoms with van der Waals surface area (Å²) in [4.78, 5) is 16.2. The number of fused-ring (bicyclic) bond motifs is 1. The molecule has 0 bridgehead atoms. The zero-order chi connectivity index (χ0) is 11.7. The maximum Gasteiger partial charge on any atom is 0.407 e. The lowest BCUT2D eigenvalue weighted by molar-refractivity contribution is 0.153. The molecule has 0 radical (unpaired) electrons. The largest absolute Gasteiger partial charge is 0.465 e. The van der Waals surface area contributed by atoms with Crippen LogP contribution in [-0.4, -0.2) is 32.5 Å². The third kappa shape index (κ3) is 1.88. The van der Waals surface area contributed by atoms with Crippen LogP contribution in [0.15, 0.2) is 29.0 Å². The summed E-state index contributed by atoms with van der Waals surface area (Å²) in [5.74, 6) is 0.